The van der Waals surface area contributed by atoms with Gasteiger partial charge >= 0.3 is 0 Å². The molecule has 3 fully saturated rings. The molecule has 1 unspecified atom stereocenters. The quantitative estimate of drug-likeness (QED) is 0.265. The highest BCUT2D eigenvalue weighted by atomic mass is 16.2. The number of hydrogen-bond donors (Lipinski definition) is 3. The lowest BCUT2D eigenvalue weighted by Gasteiger charge is -2.57. The Balaban J connectivity index is 0.912. The van der Waals surface area contributed by atoms with Crippen molar-refractivity contribution < 1.29 is 24.0 Å². The number of amides is 5. The van der Waals surface area contributed by atoms with Crippen molar-refractivity contribution >= 4 is 40.9 Å². The summed E-state index contributed by atoms with van der Waals surface area (Å²) in [5.41, 5.74) is 3.42. The number of anilines is 2. The zero-order valence-electron chi connectivity index (χ0n) is 27.9. The summed E-state index contributed by atoms with van der Waals surface area (Å²) in [6, 6.07) is 12.2. The van der Waals surface area contributed by atoms with Crippen LogP contribution in [0.5, 0.6) is 0 Å². The third kappa shape index (κ3) is 6.63. The van der Waals surface area contributed by atoms with Crippen LogP contribution in [-0.4, -0.2) is 90.7 Å². The largest absolute Gasteiger partial charge is 0.385 e. The van der Waals surface area contributed by atoms with Gasteiger partial charge in [-0.05, 0) is 85.5 Å². The number of benzene rings is 2. The van der Waals surface area contributed by atoms with Gasteiger partial charge in [-0.1, -0.05) is 27.7 Å². The fourth-order valence-electron chi connectivity index (χ4n) is 8.23. The van der Waals surface area contributed by atoms with Crippen molar-refractivity contribution in [2.45, 2.75) is 71.9 Å². The van der Waals surface area contributed by atoms with Gasteiger partial charge in [0.15, 0.2) is 0 Å². The van der Waals surface area contributed by atoms with E-state index in [9.17, 15) is 24.0 Å². The van der Waals surface area contributed by atoms with E-state index in [0.29, 0.717) is 16.7 Å². The maximum absolute atomic E-state index is 13.2. The molecule has 1 aliphatic carbocycles. The number of piperidine rings is 1. The van der Waals surface area contributed by atoms with Crippen LogP contribution in [0, 0.1) is 10.8 Å². The molecule has 0 aromatic heterocycles. The summed E-state index contributed by atoms with van der Waals surface area (Å²) >= 11 is 0. The molecular weight excluding hydrogens is 596 g/mol. The molecule has 3 N–H and O–H groups in total. The van der Waals surface area contributed by atoms with E-state index in [0.717, 1.165) is 74.8 Å². The molecule has 1 saturated carbocycles. The van der Waals surface area contributed by atoms with Crippen LogP contribution >= 0.6 is 0 Å². The molecule has 2 saturated heterocycles. The number of piperazine rings is 1. The summed E-state index contributed by atoms with van der Waals surface area (Å²) < 4.78 is 0. The second-order valence-electron chi connectivity index (χ2n) is 14.8. The zero-order chi connectivity index (χ0) is 33.5. The molecule has 3 aliphatic heterocycles. The van der Waals surface area contributed by atoms with Crippen molar-refractivity contribution in [3.05, 3.63) is 59.2 Å². The van der Waals surface area contributed by atoms with Crippen molar-refractivity contribution in [1.29, 1.82) is 0 Å². The van der Waals surface area contributed by atoms with Gasteiger partial charge in [0, 0.05) is 62.1 Å². The molecule has 47 heavy (non-hydrogen) atoms. The SMILES string of the molecule is CC1(C)CC(C)(C)C1NC(=O)c1ccc(NCCCCN2CCN(c3ccc4c(c3)C(=O)N(C3CCC(=O)NC3=O)C4=O)CC2)cc1. The van der Waals surface area contributed by atoms with Crippen LogP contribution in [-0.2, 0) is 9.59 Å². The Labute approximate surface area is 276 Å². The molecule has 0 spiro atoms. The molecule has 4 aliphatic rings. The van der Waals surface area contributed by atoms with Crippen LogP contribution in [0.15, 0.2) is 42.5 Å². The smallest absolute Gasteiger partial charge is 0.262 e. The normalized spacial score (nSPS) is 22.5. The summed E-state index contributed by atoms with van der Waals surface area (Å²) in [5.74, 6) is -1.97. The molecule has 250 valence electrons. The molecule has 11 nitrogen and oxygen atoms in total. The number of unbranched alkanes of at least 4 members (excludes halogenated alkanes) is 1. The summed E-state index contributed by atoms with van der Waals surface area (Å²) in [6.07, 6.45) is 3.43. The zero-order valence-corrected chi connectivity index (χ0v) is 27.9. The third-order valence-corrected chi connectivity index (χ3v) is 10.3. The fourth-order valence-corrected chi connectivity index (χ4v) is 8.23. The van der Waals surface area contributed by atoms with Gasteiger partial charge in [0.2, 0.25) is 11.8 Å². The van der Waals surface area contributed by atoms with Gasteiger partial charge in [-0.2, -0.15) is 0 Å². The fraction of sp³-hybridized carbons (Fsp3) is 0.528. The van der Waals surface area contributed by atoms with E-state index >= 15 is 0 Å². The van der Waals surface area contributed by atoms with Gasteiger partial charge in [-0.3, -0.25) is 39.1 Å². The van der Waals surface area contributed by atoms with E-state index in [1.807, 2.05) is 30.3 Å². The highest BCUT2D eigenvalue weighted by Crippen LogP contribution is 2.53. The molecule has 2 aromatic rings. The van der Waals surface area contributed by atoms with Crippen molar-refractivity contribution in [2.24, 2.45) is 10.8 Å². The lowest BCUT2D eigenvalue weighted by atomic mass is 9.52. The monoisotopic (exact) mass is 642 g/mol. The second-order valence-corrected chi connectivity index (χ2v) is 14.8. The van der Waals surface area contributed by atoms with Gasteiger partial charge in [0.1, 0.15) is 6.04 Å². The van der Waals surface area contributed by atoms with Gasteiger partial charge in [-0.15, -0.1) is 0 Å². The van der Waals surface area contributed by atoms with Crippen molar-refractivity contribution in [2.75, 3.05) is 49.5 Å². The Kier molecular flexibility index (Phi) is 8.86. The van der Waals surface area contributed by atoms with E-state index in [4.69, 9.17) is 0 Å². The van der Waals surface area contributed by atoms with Gasteiger partial charge < -0.3 is 15.5 Å². The molecule has 0 bridgehead atoms. The first-order chi connectivity index (χ1) is 22.3. The average molecular weight is 643 g/mol. The van der Waals surface area contributed by atoms with Crippen LogP contribution in [0.4, 0.5) is 11.4 Å². The Morgan fingerprint density at radius 1 is 0.872 bits per heavy atom. The van der Waals surface area contributed by atoms with Crippen LogP contribution in [0.3, 0.4) is 0 Å². The first kappa shape index (κ1) is 32.7. The van der Waals surface area contributed by atoms with Gasteiger partial charge in [0.25, 0.3) is 17.7 Å². The van der Waals surface area contributed by atoms with Crippen molar-refractivity contribution in [1.82, 2.24) is 20.4 Å². The predicted molar refractivity (Wildman–Crippen MR) is 179 cm³/mol. The molecule has 2 aromatic carbocycles. The summed E-state index contributed by atoms with van der Waals surface area (Å²) in [4.78, 5) is 68.6. The highest BCUT2D eigenvalue weighted by molar-refractivity contribution is 6.23. The van der Waals surface area contributed by atoms with Crippen molar-refractivity contribution in [3.8, 4) is 0 Å². The lowest BCUT2D eigenvalue weighted by molar-refractivity contribution is -0.136. The molecule has 3 heterocycles. The topological polar surface area (TPSA) is 131 Å². The number of carbonyl (C=O) groups excluding carboxylic acids is 5. The number of nitrogens with zero attached hydrogens (tertiary/aromatic N) is 3. The Hall–Kier alpha value is -4.25. The van der Waals surface area contributed by atoms with Crippen LogP contribution in [0.25, 0.3) is 0 Å². The minimum atomic E-state index is -0.960. The number of nitrogens with one attached hydrogen (secondary N) is 3. The molecule has 5 amide bonds. The van der Waals surface area contributed by atoms with Crippen LogP contribution in [0.2, 0.25) is 0 Å². The molecule has 11 heteroatoms. The van der Waals surface area contributed by atoms with E-state index < -0.39 is 23.8 Å². The first-order valence-corrected chi connectivity index (χ1v) is 16.8. The first-order valence-electron chi connectivity index (χ1n) is 16.8. The standard InChI is InChI=1S/C36H46N6O5/c1-35(2)22-36(3,4)34(35)39-30(44)23-7-9-24(10-8-23)37-15-5-6-16-40-17-19-41(20-18-40)25-11-12-26-27(21-25)33(47)42(32(26)46)28-13-14-29(43)38-31(28)45/h7-12,21,28,34,37H,5-6,13-20,22H2,1-4H3,(H,39,44)(H,38,43,45). The van der Waals surface area contributed by atoms with Crippen LogP contribution in [0.1, 0.15) is 90.9 Å². The molecule has 6 rings (SSSR count). The average Bonchev–Trinajstić information content (AvgIpc) is 3.28. The Morgan fingerprint density at radius 3 is 2.21 bits per heavy atom. The predicted octanol–water partition coefficient (Wildman–Crippen LogP) is 3.66. The summed E-state index contributed by atoms with van der Waals surface area (Å²) in [6.45, 7) is 14.1. The minimum absolute atomic E-state index is 0.0151. The maximum atomic E-state index is 13.2. The van der Waals surface area contributed by atoms with E-state index in [1.165, 1.54) is 0 Å². The Morgan fingerprint density at radius 2 is 1.55 bits per heavy atom. The van der Waals surface area contributed by atoms with E-state index in [-0.39, 0.29) is 41.5 Å². The summed E-state index contributed by atoms with van der Waals surface area (Å²) in [5, 5.41) is 8.95. The summed E-state index contributed by atoms with van der Waals surface area (Å²) in [7, 11) is 0. The molecule has 1 atom stereocenters. The lowest BCUT2D eigenvalue weighted by Crippen LogP contribution is -2.63. The molecular formula is C36H46N6O5. The number of imide groups is 2. The number of rotatable bonds is 10. The molecule has 0 radical (unpaired) electrons. The number of fused-ring (bicyclic) bond motifs is 1. The highest BCUT2D eigenvalue weighted by Gasteiger charge is 2.53. The maximum Gasteiger partial charge on any atom is 0.262 e. The second kappa shape index (κ2) is 12.7. The van der Waals surface area contributed by atoms with Crippen LogP contribution < -0.4 is 20.9 Å². The van der Waals surface area contributed by atoms with E-state index in [1.54, 1.807) is 12.1 Å². The minimum Gasteiger partial charge on any atom is -0.385 e. The van der Waals surface area contributed by atoms with Gasteiger partial charge in [-0.25, -0.2) is 0 Å². The third-order valence-electron chi connectivity index (χ3n) is 10.3. The van der Waals surface area contributed by atoms with E-state index in [2.05, 4.69) is 53.4 Å². The van der Waals surface area contributed by atoms with Gasteiger partial charge in [0.05, 0.1) is 11.1 Å². The van der Waals surface area contributed by atoms with Crippen molar-refractivity contribution in [3.63, 3.8) is 0 Å². The number of hydrogen-bond acceptors (Lipinski definition) is 8. The Bertz CT molecular complexity index is 1560. The number of carbonyl (C=O) groups is 5.